The fourth-order valence-electron chi connectivity index (χ4n) is 1.89. The maximum Gasteiger partial charge on any atom is 0.222 e. The Hall–Kier alpha value is -1.03. The van der Waals surface area contributed by atoms with Crippen LogP contribution in [0, 0.1) is 0 Å². The van der Waals surface area contributed by atoms with Crippen LogP contribution in [0.15, 0.2) is 34.6 Å². The molecular formula is C12H15BrN2O. The molecule has 0 bridgehead atoms. The van der Waals surface area contributed by atoms with E-state index in [4.69, 9.17) is 0 Å². The molecule has 1 N–H and O–H groups in total. The number of rotatable bonds is 3. The van der Waals surface area contributed by atoms with Crippen LogP contribution >= 0.6 is 15.9 Å². The van der Waals surface area contributed by atoms with Gasteiger partial charge in [0.1, 0.15) is 0 Å². The van der Waals surface area contributed by atoms with Gasteiger partial charge in [-0.15, -0.1) is 0 Å². The third-order valence-electron chi connectivity index (χ3n) is 2.75. The molecule has 86 valence electrons. The van der Waals surface area contributed by atoms with E-state index in [1.807, 2.05) is 23.3 Å². The lowest BCUT2D eigenvalue weighted by Gasteiger charge is -2.15. The number of nitrogens with one attached hydrogen (secondary N) is 1. The minimum absolute atomic E-state index is 0.296. The molecule has 1 fully saturated rings. The van der Waals surface area contributed by atoms with E-state index in [1.54, 1.807) is 0 Å². The van der Waals surface area contributed by atoms with Crippen molar-refractivity contribution < 1.29 is 4.79 Å². The van der Waals surface area contributed by atoms with E-state index in [2.05, 4.69) is 27.3 Å². The van der Waals surface area contributed by atoms with Crippen molar-refractivity contribution in [2.45, 2.75) is 19.3 Å². The van der Waals surface area contributed by atoms with Gasteiger partial charge < -0.3 is 10.2 Å². The van der Waals surface area contributed by atoms with Crippen LogP contribution < -0.4 is 5.32 Å². The number of likely N-dealkylation sites (tertiary alicyclic amines) is 1. The second-order valence-corrected chi connectivity index (χ2v) is 4.76. The molecule has 0 aliphatic carbocycles. The van der Waals surface area contributed by atoms with Gasteiger partial charge in [0, 0.05) is 35.9 Å². The van der Waals surface area contributed by atoms with E-state index in [1.165, 1.54) is 0 Å². The first-order valence-corrected chi connectivity index (χ1v) is 6.34. The standard InChI is InChI=1S/C12H15BrN2O/c13-10-4-1-7-14-11(10)5-2-8-15-9-3-6-12(15)16/h1,4-5,7,14H,2-3,6,8-9H2. The number of allylic oxidation sites excluding steroid dienone is 3. The minimum Gasteiger partial charge on any atom is -0.361 e. The quantitative estimate of drug-likeness (QED) is 0.861. The zero-order valence-electron chi connectivity index (χ0n) is 9.08. The largest absolute Gasteiger partial charge is 0.361 e. The molecule has 2 aliphatic heterocycles. The Bertz CT molecular complexity index is 371. The van der Waals surface area contributed by atoms with Gasteiger partial charge in [-0.2, -0.15) is 0 Å². The van der Waals surface area contributed by atoms with Gasteiger partial charge >= 0.3 is 0 Å². The lowest BCUT2D eigenvalue weighted by Crippen LogP contribution is -2.25. The molecule has 0 aromatic carbocycles. The smallest absolute Gasteiger partial charge is 0.222 e. The van der Waals surface area contributed by atoms with Crippen LogP contribution in [0.4, 0.5) is 0 Å². The maximum atomic E-state index is 11.4. The summed E-state index contributed by atoms with van der Waals surface area (Å²) in [5.41, 5.74) is 1.08. The van der Waals surface area contributed by atoms with Crippen molar-refractivity contribution in [3.05, 3.63) is 34.6 Å². The molecule has 1 amide bonds. The second-order valence-electron chi connectivity index (χ2n) is 3.91. The topological polar surface area (TPSA) is 32.3 Å². The number of carbonyl (C=O) groups is 1. The number of dihydropyridines is 1. The number of nitrogens with zero attached hydrogens (tertiary/aromatic N) is 1. The molecule has 0 atom stereocenters. The molecule has 4 heteroatoms. The highest BCUT2D eigenvalue weighted by atomic mass is 79.9. The van der Waals surface area contributed by atoms with Crippen molar-refractivity contribution in [3.63, 3.8) is 0 Å². The fourth-order valence-corrected chi connectivity index (χ4v) is 2.32. The summed E-state index contributed by atoms with van der Waals surface area (Å²) in [7, 11) is 0. The van der Waals surface area contributed by atoms with E-state index >= 15 is 0 Å². The maximum absolute atomic E-state index is 11.4. The van der Waals surface area contributed by atoms with Crippen LogP contribution in [0.2, 0.25) is 0 Å². The molecule has 0 radical (unpaired) electrons. The monoisotopic (exact) mass is 282 g/mol. The molecule has 1 saturated heterocycles. The SMILES string of the molecule is O=C1CCCN1CCC=C1NC=CC=C1Br. The fraction of sp³-hybridized carbons (Fsp3) is 0.417. The molecular weight excluding hydrogens is 268 g/mol. The normalized spacial score (nSPS) is 22.6. The third kappa shape index (κ3) is 2.76. The summed E-state index contributed by atoms with van der Waals surface area (Å²) in [6.45, 7) is 1.75. The van der Waals surface area contributed by atoms with Crippen LogP contribution in [0.25, 0.3) is 0 Å². The molecule has 3 nitrogen and oxygen atoms in total. The molecule has 16 heavy (non-hydrogen) atoms. The van der Waals surface area contributed by atoms with Crippen molar-refractivity contribution >= 4 is 21.8 Å². The zero-order valence-corrected chi connectivity index (χ0v) is 10.7. The highest BCUT2D eigenvalue weighted by molar-refractivity contribution is 9.12. The van der Waals surface area contributed by atoms with Crippen molar-refractivity contribution in [2.75, 3.05) is 13.1 Å². The Balaban J connectivity index is 1.83. The summed E-state index contributed by atoms with van der Waals surface area (Å²) >= 11 is 3.48. The van der Waals surface area contributed by atoms with Crippen LogP contribution in [0.1, 0.15) is 19.3 Å². The Kier molecular flexibility index (Phi) is 3.83. The summed E-state index contributed by atoms with van der Waals surface area (Å²) < 4.78 is 1.06. The molecule has 2 heterocycles. The summed E-state index contributed by atoms with van der Waals surface area (Å²) in [4.78, 5) is 13.3. The van der Waals surface area contributed by atoms with Gasteiger partial charge in [-0.3, -0.25) is 4.79 Å². The van der Waals surface area contributed by atoms with E-state index in [-0.39, 0.29) is 0 Å². The summed E-state index contributed by atoms with van der Waals surface area (Å²) in [5, 5.41) is 3.17. The first-order valence-electron chi connectivity index (χ1n) is 5.54. The van der Waals surface area contributed by atoms with Gasteiger partial charge in [-0.05, 0) is 40.9 Å². The van der Waals surface area contributed by atoms with Gasteiger partial charge in [0.15, 0.2) is 0 Å². The average molecular weight is 283 g/mol. The number of amides is 1. The molecule has 0 aromatic heterocycles. The molecule has 2 rings (SSSR count). The molecule has 0 saturated carbocycles. The predicted octanol–water partition coefficient (Wildman–Crippen LogP) is 2.28. The van der Waals surface area contributed by atoms with E-state index in [0.29, 0.717) is 5.91 Å². The summed E-state index contributed by atoms with van der Waals surface area (Å²) in [5.74, 6) is 0.296. The Morgan fingerprint density at radius 2 is 2.44 bits per heavy atom. The average Bonchev–Trinajstić information content (AvgIpc) is 2.67. The molecule has 0 aromatic rings. The highest BCUT2D eigenvalue weighted by Crippen LogP contribution is 2.18. The van der Waals surface area contributed by atoms with Crippen LogP contribution in [0.5, 0.6) is 0 Å². The lowest BCUT2D eigenvalue weighted by atomic mass is 10.2. The summed E-state index contributed by atoms with van der Waals surface area (Å²) in [6, 6.07) is 0. The molecule has 0 unspecified atom stereocenters. The zero-order chi connectivity index (χ0) is 11.4. The lowest BCUT2D eigenvalue weighted by molar-refractivity contribution is -0.127. The highest BCUT2D eigenvalue weighted by Gasteiger charge is 2.18. The number of carbonyl (C=O) groups excluding carboxylic acids is 1. The van der Waals surface area contributed by atoms with Gasteiger partial charge in [0.25, 0.3) is 0 Å². The van der Waals surface area contributed by atoms with Crippen molar-refractivity contribution in [3.8, 4) is 0 Å². The van der Waals surface area contributed by atoms with E-state index in [0.717, 1.165) is 42.5 Å². The number of hydrogen-bond donors (Lipinski definition) is 1. The van der Waals surface area contributed by atoms with Gasteiger partial charge in [0.2, 0.25) is 5.91 Å². The first-order chi connectivity index (χ1) is 7.77. The Morgan fingerprint density at radius 1 is 1.56 bits per heavy atom. The predicted molar refractivity (Wildman–Crippen MR) is 67.8 cm³/mol. The van der Waals surface area contributed by atoms with Crippen molar-refractivity contribution in [1.29, 1.82) is 0 Å². The Morgan fingerprint density at radius 3 is 3.12 bits per heavy atom. The second kappa shape index (κ2) is 5.34. The Labute approximate surface area is 104 Å². The van der Waals surface area contributed by atoms with Gasteiger partial charge in [0.05, 0.1) is 0 Å². The van der Waals surface area contributed by atoms with Crippen molar-refractivity contribution in [2.24, 2.45) is 0 Å². The van der Waals surface area contributed by atoms with E-state index < -0.39 is 0 Å². The molecule has 2 aliphatic rings. The third-order valence-corrected chi connectivity index (χ3v) is 3.45. The van der Waals surface area contributed by atoms with Crippen molar-refractivity contribution in [1.82, 2.24) is 10.2 Å². The van der Waals surface area contributed by atoms with Gasteiger partial charge in [-0.25, -0.2) is 0 Å². The molecule has 0 spiro atoms. The van der Waals surface area contributed by atoms with Gasteiger partial charge in [-0.1, -0.05) is 6.08 Å². The first kappa shape index (κ1) is 11.5. The summed E-state index contributed by atoms with van der Waals surface area (Å²) in [6.07, 6.45) is 10.6. The number of halogens is 1. The minimum atomic E-state index is 0.296. The van der Waals surface area contributed by atoms with Crippen LogP contribution in [0.3, 0.4) is 0 Å². The van der Waals surface area contributed by atoms with Crippen LogP contribution in [-0.2, 0) is 4.79 Å². The van der Waals surface area contributed by atoms with E-state index in [9.17, 15) is 4.79 Å². The van der Waals surface area contributed by atoms with Crippen LogP contribution in [-0.4, -0.2) is 23.9 Å². The number of hydrogen-bond acceptors (Lipinski definition) is 2.